The molecule has 2 N–H and O–H groups in total. The number of rotatable bonds is 11. The first-order valence-corrected chi connectivity index (χ1v) is 9.55. The van der Waals surface area contributed by atoms with Crippen molar-refractivity contribution in [2.24, 2.45) is 5.41 Å². The average molecular weight is 390 g/mol. The van der Waals surface area contributed by atoms with Crippen molar-refractivity contribution in [1.29, 1.82) is 0 Å². The van der Waals surface area contributed by atoms with Gasteiger partial charge in [-0.05, 0) is 46.0 Å². The van der Waals surface area contributed by atoms with Crippen LogP contribution in [-0.2, 0) is 23.8 Å². The molecule has 160 valence electrons. The Bertz CT molecular complexity index is 466. The van der Waals surface area contributed by atoms with Crippen molar-refractivity contribution in [3.8, 4) is 0 Å². The number of esters is 1. The van der Waals surface area contributed by atoms with Gasteiger partial charge in [-0.15, -0.1) is 0 Å². The van der Waals surface area contributed by atoms with Crippen LogP contribution in [0.1, 0.15) is 74.1 Å². The minimum atomic E-state index is -1.19. The standard InChI is InChI=1S/C20H39NO6/c1-18(2,3)12-15(26-20(7,14-22)27-19(4,5)6)13-25-17(24)11-9-10-16(23)21-8/h15,22H,9-14H2,1-8H3,(H,21,23)/t15-,20-/m1/s1. The molecule has 7 heteroatoms. The second kappa shape index (κ2) is 11.0. The number of aliphatic hydroxyl groups excluding tert-OH is 1. The summed E-state index contributed by atoms with van der Waals surface area (Å²) in [6.07, 6.45) is 1.10. The SMILES string of the molecule is CNC(=O)CCCC(=O)OC[C@@H](CC(C)(C)C)O[C@@](C)(CO)OC(C)(C)C. The zero-order chi connectivity index (χ0) is 21.3. The summed E-state index contributed by atoms with van der Waals surface area (Å²) >= 11 is 0. The van der Waals surface area contributed by atoms with Crippen molar-refractivity contribution in [2.75, 3.05) is 20.3 Å². The van der Waals surface area contributed by atoms with Crippen LogP contribution >= 0.6 is 0 Å². The molecule has 0 aromatic rings. The van der Waals surface area contributed by atoms with Gasteiger partial charge >= 0.3 is 5.97 Å². The Morgan fingerprint density at radius 1 is 1.04 bits per heavy atom. The van der Waals surface area contributed by atoms with Gasteiger partial charge in [0.2, 0.25) is 5.91 Å². The second-order valence-corrected chi connectivity index (χ2v) is 9.22. The van der Waals surface area contributed by atoms with Gasteiger partial charge in [-0.25, -0.2) is 0 Å². The highest BCUT2D eigenvalue weighted by Gasteiger charge is 2.35. The Balaban J connectivity index is 4.81. The normalized spacial score (nSPS) is 15.7. The quantitative estimate of drug-likeness (QED) is 0.417. The predicted octanol–water partition coefficient (Wildman–Crippen LogP) is 2.79. The van der Waals surface area contributed by atoms with E-state index in [1.54, 1.807) is 14.0 Å². The molecule has 0 fully saturated rings. The first-order chi connectivity index (χ1) is 12.2. The average Bonchev–Trinajstić information content (AvgIpc) is 2.49. The maximum absolute atomic E-state index is 12.0. The van der Waals surface area contributed by atoms with Crippen molar-refractivity contribution < 1.29 is 28.9 Å². The Kier molecular flexibility index (Phi) is 10.5. The molecular weight excluding hydrogens is 350 g/mol. The molecule has 0 unspecified atom stereocenters. The number of carbonyl (C=O) groups is 2. The van der Waals surface area contributed by atoms with Crippen molar-refractivity contribution in [3.63, 3.8) is 0 Å². The number of carbonyl (C=O) groups excluding carboxylic acids is 2. The second-order valence-electron chi connectivity index (χ2n) is 9.22. The third-order valence-corrected chi connectivity index (χ3v) is 3.56. The van der Waals surface area contributed by atoms with Gasteiger partial charge in [-0.3, -0.25) is 9.59 Å². The highest BCUT2D eigenvalue weighted by atomic mass is 16.7. The third-order valence-electron chi connectivity index (χ3n) is 3.56. The third kappa shape index (κ3) is 13.6. The van der Waals surface area contributed by atoms with Gasteiger partial charge < -0.3 is 24.6 Å². The van der Waals surface area contributed by atoms with E-state index in [0.29, 0.717) is 12.8 Å². The van der Waals surface area contributed by atoms with Crippen LogP contribution < -0.4 is 5.32 Å². The first-order valence-electron chi connectivity index (χ1n) is 9.55. The van der Waals surface area contributed by atoms with Crippen LogP contribution in [0.4, 0.5) is 0 Å². The van der Waals surface area contributed by atoms with Crippen LogP contribution in [0.2, 0.25) is 0 Å². The molecule has 0 radical (unpaired) electrons. The molecule has 0 aliphatic carbocycles. The van der Waals surface area contributed by atoms with Gasteiger partial charge in [0.25, 0.3) is 0 Å². The van der Waals surface area contributed by atoms with Crippen LogP contribution in [0, 0.1) is 5.41 Å². The number of hydrogen-bond acceptors (Lipinski definition) is 6. The minimum Gasteiger partial charge on any atom is -0.463 e. The molecule has 0 aliphatic heterocycles. The van der Waals surface area contributed by atoms with E-state index in [-0.39, 0.29) is 43.3 Å². The molecule has 0 aromatic heterocycles. The van der Waals surface area contributed by atoms with Crippen molar-refractivity contribution in [3.05, 3.63) is 0 Å². The maximum atomic E-state index is 12.0. The van der Waals surface area contributed by atoms with Crippen LogP contribution in [-0.4, -0.2) is 54.7 Å². The van der Waals surface area contributed by atoms with Crippen molar-refractivity contribution >= 4 is 11.9 Å². The van der Waals surface area contributed by atoms with Gasteiger partial charge in [0.15, 0.2) is 5.79 Å². The maximum Gasteiger partial charge on any atom is 0.305 e. The fourth-order valence-electron chi connectivity index (χ4n) is 2.69. The van der Waals surface area contributed by atoms with Gasteiger partial charge in [-0.1, -0.05) is 20.8 Å². The lowest BCUT2D eigenvalue weighted by molar-refractivity contribution is -0.305. The molecule has 1 amide bonds. The van der Waals surface area contributed by atoms with E-state index >= 15 is 0 Å². The Morgan fingerprint density at radius 3 is 2.07 bits per heavy atom. The number of aliphatic hydroxyl groups is 1. The predicted molar refractivity (Wildman–Crippen MR) is 104 cm³/mol. The Morgan fingerprint density at radius 2 is 1.63 bits per heavy atom. The topological polar surface area (TPSA) is 94.1 Å². The minimum absolute atomic E-state index is 0.0611. The van der Waals surface area contributed by atoms with Crippen molar-refractivity contribution in [2.45, 2.75) is 91.6 Å². The highest BCUT2D eigenvalue weighted by Crippen LogP contribution is 2.28. The Hall–Kier alpha value is -1.18. The summed E-state index contributed by atoms with van der Waals surface area (Å²) < 4.78 is 17.3. The fraction of sp³-hybridized carbons (Fsp3) is 0.900. The lowest BCUT2D eigenvalue weighted by Gasteiger charge is -2.39. The molecule has 2 atom stereocenters. The zero-order valence-corrected chi connectivity index (χ0v) is 18.3. The summed E-state index contributed by atoms with van der Waals surface area (Å²) in [6, 6.07) is 0. The molecular formula is C20H39NO6. The summed E-state index contributed by atoms with van der Waals surface area (Å²) in [7, 11) is 1.56. The monoisotopic (exact) mass is 389 g/mol. The molecule has 27 heavy (non-hydrogen) atoms. The van der Waals surface area contributed by atoms with Crippen LogP contribution in [0.25, 0.3) is 0 Å². The van der Waals surface area contributed by atoms with E-state index in [2.05, 4.69) is 26.1 Å². The first kappa shape index (κ1) is 25.8. The van der Waals surface area contributed by atoms with Crippen LogP contribution in [0.15, 0.2) is 0 Å². The van der Waals surface area contributed by atoms with E-state index in [1.165, 1.54) is 0 Å². The molecule has 0 aliphatic rings. The fourth-order valence-corrected chi connectivity index (χ4v) is 2.69. The number of ether oxygens (including phenoxy) is 3. The highest BCUT2D eigenvalue weighted by molar-refractivity contribution is 5.76. The summed E-state index contributed by atoms with van der Waals surface area (Å²) in [6.45, 7) is 13.3. The Labute approximate surface area is 164 Å². The van der Waals surface area contributed by atoms with E-state index in [1.807, 2.05) is 20.8 Å². The summed E-state index contributed by atoms with van der Waals surface area (Å²) in [5, 5.41) is 12.3. The molecule has 0 heterocycles. The van der Waals surface area contributed by atoms with E-state index in [4.69, 9.17) is 14.2 Å². The molecule has 7 nitrogen and oxygen atoms in total. The molecule has 0 saturated carbocycles. The number of hydrogen-bond donors (Lipinski definition) is 2. The lowest BCUT2D eigenvalue weighted by atomic mass is 9.89. The van der Waals surface area contributed by atoms with E-state index in [0.717, 1.165) is 0 Å². The number of nitrogens with one attached hydrogen (secondary N) is 1. The summed E-state index contributed by atoms with van der Waals surface area (Å²) in [4.78, 5) is 23.2. The summed E-state index contributed by atoms with van der Waals surface area (Å²) in [5.74, 6) is -1.67. The van der Waals surface area contributed by atoms with Gasteiger partial charge in [0.1, 0.15) is 6.61 Å². The zero-order valence-electron chi connectivity index (χ0n) is 18.3. The van der Waals surface area contributed by atoms with Gasteiger partial charge in [0, 0.05) is 19.9 Å². The summed E-state index contributed by atoms with van der Waals surface area (Å²) in [5.41, 5.74) is -0.561. The van der Waals surface area contributed by atoms with Gasteiger partial charge in [-0.2, -0.15) is 0 Å². The van der Waals surface area contributed by atoms with Gasteiger partial charge in [0.05, 0.1) is 18.3 Å². The lowest BCUT2D eigenvalue weighted by Crippen LogP contribution is -2.47. The van der Waals surface area contributed by atoms with Crippen LogP contribution in [0.3, 0.4) is 0 Å². The smallest absolute Gasteiger partial charge is 0.305 e. The molecule has 0 rings (SSSR count). The van der Waals surface area contributed by atoms with Crippen LogP contribution in [0.5, 0.6) is 0 Å². The largest absolute Gasteiger partial charge is 0.463 e. The van der Waals surface area contributed by atoms with E-state index < -0.39 is 17.5 Å². The number of amides is 1. The van der Waals surface area contributed by atoms with Crippen molar-refractivity contribution in [1.82, 2.24) is 5.32 Å². The molecule has 0 bridgehead atoms. The van der Waals surface area contributed by atoms with E-state index in [9.17, 15) is 14.7 Å². The molecule has 0 aromatic carbocycles. The molecule has 0 saturated heterocycles. The molecule has 0 spiro atoms.